The third-order valence-corrected chi connectivity index (χ3v) is 4.38. The van der Waals surface area contributed by atoms with Gasteiger partial charge in [0, 0.05) is 6.42 Å². The Kier molecular flexibility index (Phi) is 8.95. The lowest BCUT2D eigenvalue weighted by Crippen LogP contribution is -2.49. The zero-order valence-electron chi connectivity index (χ0n) is 17.5. The van der Waals surface area contributed by atoms with Gasteiger partial charge in [0.05, 0.1) is 6.61 Å². The van der Waals surface area contributed by atoms with Crippen LogP contribution in [-0.4, -0.2) is 40.7 Å². The summed E-state index contributed by atoms with van der Waals surface area (Å²) in [6.07, 6.45) is 0.639. The van der Waals surface area contributed by atoms with Gasteiger partial charge in [-0.1, -0.05) is 24.1 Å². The van der Waals surface area contributed by atoms with Crippen molar-refractivity contribution in [2.75, 3.05) is 6.61 Å². The van der Waals surface area contributed by atoms with Crippen LogP contribution in [0.5, 0.6) is 0 Å². The van der Waals surface area contributed by atoms with Gasteiger partial charge in [-0.15, -0.1) is 0 Å². The molecule has 0 aliphatic rings. The third-order valence-electron chi connectivity index (χ3n) is 4.17. The lowest BCUT2D eigenvalue weighted by atomic mass is 9.74. The predicted octanol–water partition coefficient (Wildman–Crippen LogP) is 3.96. The van der Waals surface area contributed by atoms with Crippen molar-refractivity contribution < 1.29 is 28.7 Å². The zero-order valence-corrected chi connectivity index (χ0v) is 18.3. The van der Waals surface area contributed by atoms with Crippen LogP contribution in [0.2, 0.25) is 5.15 Å². The summed E-state index contributed by atoms with van der Waals surface area (Å²) in [4.78, 5) is 54.5. The summed E-state index contributed by atoms with van der Waals surface area (Å²) in [6.45, 7) is 8.11. The quantitative estimate of drug-likeness (QED) is 0.184. The van der Waals surface area contributed by atoms with Crippen LogP contribution in [0.4, 0.5) is 0 Å². The molecule has 1 rings (SSSR count). The number of esters is 2. The highest BCUT2D eigenvalue weighted by atomic mass is 35.5. The number of pyridine rings is 1. The lowest BCUT2D eigenvalue weighted by Gasteiger charge is -2.31. The number of ether oxygens (including phenoxy) is 2. The maximum Gasteiger partial charge on any atom is 0.328 e. The van der Waals surface area contributed by atoms with Gasteiger partial charge in [0.25, 0.3) is 0 Å². The van der Waals surface area contributed by atoms with Gasteiger partial charge in [-0.3, -0.25) is 19.2 Å². The highest BCUT2D eigenvalue weighted by molar-refractivity contribution is 6.30. The van der Waals surface area contributed by atoms with E-state index in [1.807, 2.05) is 0 Å². The summed E-state index contributed by atoms with van der Waals surface area (Å²) in [7, 11) is 0. The molecular weight excluding hydrogens is 398 g/mol. The smallest absolute Gasteiger partial charge is 0.328 e. The molecule has 0 aliphatic heterocycles. The Bertz CT molecular complexity index is 771. The van der Waals surface area contributed by atoms with Gasteiger partial charge in [0.15, 0.2) is 11.2 Å². The molecule has 0 N–H and O–H groups in total. The number of Topliss-reactive ketones (excluding diaryl/α,β-unsaturated/α-hetero) is 2. The van der Waals surface area contributed by atoms with Gasteiger partial charge in [-0.2, -0.15) is 0 Å². The molecule has 0 amide bonds. The van der Waals surface area contributed by atoms with Crippen LogP contribution in [0.1, 0.15) is 70.8 Å². The number of hydrogen-bond donors (Lipinski definition) is 0. The van der Waals surface area contributed by atoms with Crippen molar-refractivity contribution in [1.82, 2.24) is 4.98 Å². The molecule has 8 heteroatoms. The number of halogens is 1. The summed E-state index contributed by atoms with van der Waals surface area (Å²) in [5.74, 6) is -2.71. The number of carbonyl (C=O) groups excluding carboxylic acids is 4. The first-order valence-corrected chi connectivity index (χ1v) is 9.89. The Hall–Kier alpha value is -2.28. The van der Waals surface area contributed by atoms with Crippen molar-refractivity contribution in [2.45, 2.75) is 65.9 Å². The summed E-state index contributed by atoms with van der Waals surface area (Å²) in [5, 5.41) is 0.0693. The van der Waals surface area contributed by atoms with E-state index in [1.54, 1.807) is 27.7 Å². The van der Waals surface area contributed by atoms with Crippen LogP contribution in [0, 0.1) is 5.41 Å². The van der Waals surface area contributed by atoms with Gasteiger partial charge in [-0.05, 0) is 59.6 Å². The van der Waals surface area contributed by atoms with E-state index >= 15 is 0 Å². The van der Waals surface area contributed by atoms with E-state index < -0.39 is 28.6 Å². The average molecular weight is 426 g/mol. The first-order valence-electron chi connectivity index (χ1n) is 9.51. The van der Waals surface area contributed by atoms with Crippen molar-refractivity contribution in [1.29, 1.82) is 0 Å². The molecule has 1 unspecified atom stereocenters. The Balaban J connectivity index is 3.22. The van der Waals surface area contributed by atoms with Gasteiger partial charge in [0.2, 0.25) is 5.78 Å². The molecule has 0 saturated carbocycles. The molecule has 29 heavy (non-hydrogen) atoms. The molecule has 0 bridgehead atoms. The third kappa shape index (κ3) is 6.92. The topological polar surface area (TPSA) is 99.6 Å². The largest absolute Gasteiger partial charge is 0.466 e. The van der Waals surface area contributed by atoms with E-state index in [-0.39, 0.29) is 42.7 Å². The molecule has 1 aromatic heterocycles. The van der Waals surface area contributed by atoms with Crippen molar-refractivity contribution in [2.24, 2.45) is 5.41 Å². The number of hydrogen-bond acceptors (Lipinski definition) is 7. The van der Waals surface area contributed by atoms with Gasteiger partial charge in [0.1, 0.15) is 16.4 Å². The normalized spacial score (nSPS) is 13.3. The summed E-state index contributed by atoms with van der Waals surface area (Å²) in [6, 6.07) is 4.40. The molecule has 0 spiro atoms. The van der Waals surface area contributed by atoms with E-state index in [0.29, 0.717) is 6.42 Å². The fraction of sp³-hybridized carbons (Fsp3) is 0.571. The summed E-state index contributed by atoms with van der Waals surface area (Å²) in [5.41, 5.74) is -3.05. The number of nitrogens with zero attached hydrogens (tertiary/aromatic N) is 1. The number of unbranched alkanes of at least 4 members (excludes halogenated alkanes) is 1. The van der Waals surface area contributed by atoms with Gasteiger partial charge >= 0.3 is 11.9 Å². The fourth-order valence-corrected chi connectivity index (χ4v) is 2.96. The predicted molar refractivity (Wildman–Crippen MR) is 108 cm³/mol. The second-order valence-corrected chi connectivity index (χ2v) is 8.04. The molecule has 0 saturated heterocycles. The molecule has 1 aromatic rings. The Morgan fingerprint density at radius 2 is 1.76 bits per heavy atom. The number of ketones is 2. The van der Waals surface area contributed by atoms with E-state index in [2.05, 4.69) is 4.98 Å². The standard InChI is InChI=1S/C21H28ClNO6/c1-6-28-17(25)12-7-8-13-21(14(2)24,19(27)29-20(3,4)5)18(26)15-10-9-11-16(22)23-15/h9-11H,6-8,12-13H2,1-5H3. The fourth-order valence-electron chi connectivity index (χ4n) is 2.80. The van der Waals surface area contributed by atoms with Gasteiger partial charge < -0.3 is 9.47 Å². The Labute approximate surface area is 176 Å². The molecule has 1 atom stereocenters. The van der Waals surface area contributed by atoms with Crippen molar-refractivity contribution in [3.63, 3.8) is 0 Å². The average Bonchev–Trinajstić information content (AvgIpc) is 2.59. The SMILES string of the molecule is CCOC(=O)CCCCC(C(C)=O)(C(=O)OC(C)(C)C)C(=O)c1cccc(Cl)n1. The maximum absolute atomic E-state index is 13.3. The molecule has 0 fully saturated rings. The minimum Gasteiger partial charge on any atom is -0.466 e. The molecule has 7 nitrogen and oxygen atoms in total. The second-order valence-electron chi connectivity index (χ2n) is 7.65. The molecule has 0 aliphatic carbocycles. The van der Waals surface area contributed by atoms with Crippen LogP contribution in [-0.2, 0) is 23.9 Å². The minimum atomic E-state index is -2.06. The molecular formula is C21H28ClNO6. The zero-order chi connectivity index (χ0) is 22.2. The van der Waals surface area contributed by atoms with Crippen LogP contribution in [0.3, 0.4) is 0 Å². The highest BCUT2D eigenvalue weighted by Crippen LogP contribution is 2.34. The molecule has 160 valence electrons. The second kappa shape index (κ2) is 10.5. The van der Waals surface area contributed by atoms with Crippen LogP contribution in [0.25, 0.3) is 0 Å². The Morgan fingerprint density at radius 3 is 2.28 bits per heavy atom. The van der Waals surface area contributed by atoms with Crippen molar-refractivity contribution in [3.8, 4) is 0 Å². The van der Waals surface area contributed by atoms with Crippen LogP contribution in [0.15, 0.2) is 18.2 Å². The maximum atomic E-state index is 13.3. The van der Waals surface area contributed by atoms with E-state index in [0.717, 1.165) is 0 Å². The van der Waals surface area contributed by atoms with E-state index in [4.69, 9.17) is 21.1 Å². The monoisotopic (exact) mass is 425 g/mol. The molecule has 0 radical (unpaired) electrons. The summed E-state index contributed by atoms with van der Waals surface area (Å²) >= 11 is 5.88. The number of rotatable bonds is 10. The van der Waals surface area contributed by atoms with Crippen molar-refractivity contribution in [3.05, 3.63) is 29.0 Å². The van der Waals surface area contributed by atoms with E-state index in [1.165, 1.54) is 25.1 Å². The van der Waals surface area contributed by atoms with Crippen LogP contribution < -0.4 is 0 Å². The molecule has 0 aromatic carbocycles. The Morgan fingerprint density at radius 1 is 1.10 bits per heavy atom. The van der Waals surface area contributed by atoms with Crippen LogP contribution >= 0.6 is 11.6 Å². The van der Waals surface area contributed by atoms with Gasteiger partial charge in [-0.25, -0.2) is 4.98 Å². The first kappa shape index (κ1) is 24.8. The molecule has 1 heterocycles. The number of aromatic nitrogens is 1. The highest BCUT2D eigenvalue weighted by Gasteiger charge is 2.53. The summed E-state index contributed by atoms with van der Waals surface area (Å²) < 4.78 is 10.3. The lowest BCUT2D eigenvalue weighted by molar-refractivity contribution is -0.167. The first-order chi connectivity index (χ1) is 13.4. The van der Waals surface area contributed by atoms with Crippen molar-refractivity contribution >= 4 is 35.1 Å². The van der Waals surface area contributed by atoms with E-state index in [9.17, 15) is 19.2 Å². The number of carbonyl (C=O) groups is 4. The minimum absolute atomic E-state index is 0.0693.